The molecule has 1 N–H and O–H groups in total. The van der Waals surface area contributed by atoms with E-state index >= 15 is 0 Å². The quantitative estimate of drug-likeness (QED) is 0.577. The summed E-state index contributed by atoms with van der Waals surface area (Å²) in [6.07, 6.45) is 1.33. The van der Waals surface area contributed by atoms with Gasteiger partial charge in [0.05, 0.1) is 19.9 Å². The molecule has 1 atom stereocenters. The van der Waals surface area contributed by atoms with Gasteiger partial charge in [0.2, 0.25) is 0 Å². The lowest BCUT2D eigenvalue weighted by Crippen LogP contribution is -2.29. The first kappa shape index (κ1) is 20.9. The second-order valence-corrected chi connectivity index (χ2v) is 5.61. The summed E-state index contributed by atoms with van der Waals surface area (Å²) in [6, 6.07) is 7.76. The number of halogens is 2. The van der Waals surface area contributed by atoms with Crippen LogP contribution in [-0.2, 0) is 14.3 Å². The molecule has 28 heavy (non-hydrogen) atoms. The summed E-state index contributed by atoms with van der Waals surface area (Å²) in [4.78, 5) is 24.0. The normalized spacial score (nSPS) is 11.8. The Labute approximate surface area is 160 Å². The van der Waals surface area contributed by atoms with Crippen molar-refractivity contribution >= 4 is 23.6 Å². The fourth-order valence-corrected chi connectivity index (χ4v) is 2.30. The van der Waals surface area contributed by atoms with Crippen molar-refractivity contribution in [1.82, 2.24) is 0 Å². The van der Waals surface area contributed by atoms with Crippen molar-refractivity contribution in [3.63, 3.8) is 0 Å². The zero-order valence-corrected chi connectivity index (χ0v) is 15.5. The highest BCUT2D eigenvalue weighted by atomic mass is 19.1. The maximum absolute atomic E-state index is 13.6. The number of methoxy groups -OCH3 is 2. The minimum Gasteiger partial charge on any atom is -0.493 e. The van der Waals surface area contributed by atoms with Gasteiger partial charge in [0.1, 0.15) is 11.6 Å². The third-order valence-corrected chi connectivity index (χ3v) is 3.68. The number of hydrogen-bond acceptors (Lipinski definition) is 5. The van der Waals surface area contributed by atoms with Crippen LogP contribution in [0.15, 0.2) is 42.5 Å². The SMILES string of the molecule is COc1cccc(/C=C/C(=O)OC(C)C(=O)Nc2cc(F)ccc2F)c1OC. The van der Waals surface area contributed by atoms with Crippen LogP contribution in [0.5, 0.6) is 11.5 Å². The van der Waals surface area contributed by atoms with E-state index in [9.17, 15) is 18.4 Å². The van der Waals surface area contributed by atoms with Crippen LogP contribution >= 0.6 is 0 Å². The van der Waals surface area contributed by atoms with Crippen molar-refractivity contribution in [1.29, 1.82) is 0 Å². The molecule has 0 saturated carbocycles. The number of amides is 1. The minimum absolute atomic E-state index is 0.343. The summed E-state index contributed by atoms with van der Waals surface area (Å²) >= 11 is 0. The molecule has 0 saturated heterocycles. The molecule has 0 aliphatic carbocycles. The van der Waals surface area contributed by atoms with Gasteiger partial charge in [0.15, 0.2) is 17.6 Å². The standard InChI is InChI=1S/C20H19F2NO5/c1-12(20(25)23-16-11-14(21)8-9-15(16)22)28-18(24)10-7-13-5-4-6-17(26-2)19(13)27-3/h4-12H,1-3H3,(H,23,25)/b10-7+. The second kappa shape index (κ2) is 9.50. The molecule has 0 heterocycles. The van der Waals surface area contributed by atoms with Gasteiger partial charge < -0.3 is 19.5 Å². The Morgan fingerprint density at radius 1 is 1.11 bits per heavy atom. The lowest BCUT2D eigenvalue weighted by Gasteiger charge is -2.13. The molecular formula is C20H19F2NO5. The van der Waals surface area contributed by atoms with E-state index in [-0.39, 0.29) is 5.69 Å². The van der Waals surface area contributed by atoms with Crippen LogP contribution in [0.3, 0.4) is 0 Å². The van der Waals surface area contributed by atoms with Crippen LogP contribution in [0.1, 0.15) is 12.5 Å². The Balaban J connectivity index is 2.01. The van der Waals surface area contributed by atoms with Gasteiger partial charge in [-0.2, -0.15) is 0 Å². The lowest BCUT2D eigenvalue weighted by molar-refractivity contribution is -0.148. The van der Waals surface area contributed by atoms with Gasteiger partial charge in [0.25, 0.3) is 5.91 Å². The summed E-state index contributed by atoms with van der Waals surface area (Å²) in [5.74, 6) is -2.20. The Morgan fingerprint density at radius 3 is 2.54 bits per heavy atom. The van der Waals surface area contributed by atoms with Crippen LogP contribution < -0.4 is 14.8 Å². The number of carbonyl (C=O) groups is 2. The highest BCUT2D eigenvalue weighted by Crippen LogP contribution is 2.31. The fourth-order valence-electron chi connectivity index (χ4n) is 2.30. The molecule has 0 aliphatic heterocycles. The Hall–Kier alpha value is -3.42. The summed E-state index contributed by atoms with van der Waals surface area (Å²) in [7, 11) is 2.95. The summed E-state index contributed by atoms with van der Waals surface area (Å²) < 4.78 is 42.1. The van der Waals surface area contributed by atoms with E-state index < -0.39 is 29.6 Å². The maximum atomic E-state index is 13.6. The molecule has 8 heteroatoms. The molecule has 2 aromatic rings. The average Bonchev–Trinajstić information content (AvgIpc) is 2.68. The van der Waals surface area contributed by atoms with E-state index in [4.69, 9.17) is 14.2 Å². The number of benzene rings is 2. The number of rotatable bonds is 7. The largest absolute Gasteiger partial charge is 0.493 e. The van der Waals surface area contributed by atoms with E-state index in [1.807, 2.05) is 0 Å². The Morgan fingerprint density at radius 2 is 1.86 bits per heavy atom. The van der Waals surface area contributed by atoms with Crippen molar-refractivity contribution in [3.8, 4) is 11.5 Å². The van der Waals surface area contributed by atoms with E-state index in [0.29, 0.717) is 17.1 Å². The first-order valence-corrected chi connectivity index (χ1v) is 8.21. The highest BCUT2D eigenvalue weighted by Gasteiger charge is 2.18. The van der Waals surface area contributed by atoms with E-state index in [0.717, 1.165) is 24.3 Å². The van der Waals surface area contributed by atoms with Gasteiger partial charge in [-0.25, -0.2) is 13.6 Å². The predicted molar refractivity (Wildman–Crippen MR) is 99.1 cm³/mol. The summed E-state index contributed by atoms with van der Waals surface area (Å²) in [5.41, 5.74) is 0.224. The molecule has 2 rings (SSSR count). The smallest absolute Gasteiger partial charge is 0.331 e. The number of carbonyl (C=O) groups excluding carboxylic acids is 2. The van der Waals surface area contributed by atoms with Crippen molar-refractivity contribution in [2.75, 3.05) is 19.5 Å². The van der Waals surface area contributed by atoms with Crippen LogP contribution in [0, 0.1) is 11.6 Å². The van der Waals surface area contributed by atoms with Gasteiger partial charge in [-0.1, -0.05) is 12.1 Å². The molecule has 148 valence electrons. The zero-order valence-electron chi connectivity index (χ0n) is 15.5. The van der Waals surface area contributed by atoms with Crippen molar-refractivity contribution < 1.29 is 32.6 Å². The van der Waals surface area contributed by atoms with Crippen LogP contribution in [0.25, 0.3) is 6.08 Å². The topological polar surface area (TPSA) is 73.9 Å². The molecule has 0 radical (unpaired) electrons. The predicted octanol–water partition coefficient (Wildman–Crippen LogP) is 3.57. The third-order valence-electron chi connectivity index (χ3n) is 3.68. The minimum atomic E-state index is -1.23. The van der Waals surface area contributed by atoms with E-state index in [1.54, 1.807) is 18.2 Å². The molecule has 0 fully saturated rings. The molecule has 0 aliphatic rings. The van der Waals surface area contributed by atoms with Crippen LogP contribution in [-0.4, -0.2) is 32.2 Å². The van der Waals surface area contributed by atoms with Gasteiger partial charge in [-0.05, 0) is 31.2 Å². The summed E-state index contributed by atoms with van der Waals surface area (Å²) in [6.45, 7) is 1.31. The number of nitrogens with one attached hydrogen (secondary N) is 1. The van der Waals surface area contributed by atoms with E-state index in [1.165, 1.54) is 27.2 Å². The molecular weight excluding hydrogens is 372 g/mol. The average molecular weight is 391 g/mol. The zero-order chi connectivity index (χ0) is 20.7. The first-order chi connectivity index (χ1) is 13.3. The van der Waals surface area contributed by atoms with Crippen LogP contribution in [0.4, 0.5) is 14.5 Å². The van der Waals surface area contributed by atoms with Gasteiger partial charge in [0, 0.05) is 17.7 Å². The molecule has 0 bridgehead atoms. The molecule has 0 aromatic heterocycles. The molecule has 6 nitrogen and oxygen atoms in total. The first-order valence-electron chi connectivity index (χ1n) is 8.21. The lowest BCUT2D eigenvalue weighted by atomic mass is 10.1. The molecule has 2 aromatic carbocycles. The number of esters is 1. The third kappa shape index (κ3) is 5.29. The van der Waals surface area contributed by atoms with Gasteiger partial charge in [-0.15, -0.1) is 0 Å². The number of anilines is 1. The number of para-hydroxylation sites is 1. The van der Waals surface area contributed by atoms with Crippen molar-refractivity contribution in [2.45, 2.75) is 13.0 Å². The van der Waals surface area contributed by atoms with Crippen LogP contribution in [0.2, 0.25) is 0 Å². The van der Waals surface area contributed by atoms with Crippen molar-refractivity contribution in [2.24, 2.45) is 0 Å². The second-order valence-electron chi connectivity index (χ2n) is 5.61. The van der Waals surface area contributed by atoms with Crippen molar-refractivity contribution in [3.05, 3.63) is 59.7 Å². The molecule has 1 unspecified atom stereocenters. The molecule has 1 amide bonds. The molecule has 0 spiro atoms. The van der Waals surface area contributed by atoms with Gasteiger partial charge in [-0.3, -0.25) is 4.79 Å². The maximum Gasteiger partial charge on any atom is 0.331 e. The Bertz CT molecular complexity index is 898. The monoisotopic (exact) mass is 391 g/mol. The number of ether oxygens (including phenoxy) is 3. The van der Waals surface area contributed by atoms with E-state index in [2.05, 4.69) is 5.32 Å². The fraction of sp³-hybridized carbons (Fsp3) is 0.200. The highest BCUT2D eigenvalue weighted by molar-refractivity contribution is 5.96. The summed E-state index contributed by atoms with van der Waals surface area (Å²) in [5, 5.41) is 2.17. The Kier molecular flexibility index (Phi) is 7.08. The van der Waals surface area contributed by atoms with Gasteiger partial charge >= 0.3 is 5.97 Å². The number of hydrogen-bond donors (Lipinski definition) is 1.